The lowest BCUT2D eigenvalue weighted by atomic mass is 10.1. The van der Waals surface area contributed by atoms with Crippen LogP contribution in [0.25, 0.3) is 0 Å². The second-order valence-electron chi connectivity index (χ2n) is 6.41. The number of aliphatic hydroxyl groups is 1. The van der Waals surface area contributed by atoms with Crippen molar-refractivity contribution in [2.45, 2.75) is 19.6 Å². The van der Waals surface area contributed by atoms with E-state index < -0.39 is 6.10 Å². The third kappa shape index (κ3) is 6.70. The van der Waals surface area contributed by atoms with Crippen LogP contribution in [0.3, 0.4) is 0 Å². The average molecular weight is 414 g/mol. The second kappa shape index (κ2) is 12.4. The van der Waals surface area contributed by atoms with E-state index in [2.05, 4.69) is 22.2 Å². The molecule has 0 aliphatic rings. The Balaban J connectivity index is 2.08. The molecule has 0 aliphatic carbocycles. The number of guanidine groups is 1. The van der Waals surface area contributed by atoms with Gasteiger partial charge in [-0.1, -0.05) is 30.9 Å². The molecule has 30 heavy (non-hydrogen) atoms. The third-order valence-electron chi connectivity index (χ3n) is 4.34. The van der Waals surface area contributed by atoms with E-state index in [1.54, 1.807) is 38.5 Å². The average Bonchev–Trinajstić information content (AvgIpc) is 2.79. The highest BCUT2D eigenvalue weighted by Crippen LogP contribution is 2.29. The Hall–Kier alpha value is -3.19. The molecular weight excluding hydrogens is 382 g/mol. The van der Waals surface area contributed by atoms with Gasteiger partial charge in [-0.25, -0.2) is 4.99 Å². The molecule has 1 unspecified atom stereocenters. The first-order chi connectivity index (χ1) is 14.6. The summed E-state index contributed by atoms with van der Waals surface area (Å²) in [6.07, 6.45) is 0.905. The minimum atomic E-state index is -0.804. The summed E-state index contributed by atoms with van der Waals surface area (Å²) in [5.74, 6) is 2.62. The van der Waals surface area contributed by atoms with Crippen molar-refractivity contribution in [1.82, 2.24) is 10.6 Å². The van der Waals surface area contributed by atoms with Crippen LogP contribution in [0, 0.1) is 0 Å². The summed E-state index contributed by atoms with van der Waals surface area (Å²) in [6.45, 7) is 7.48. The maximum atomic E-state index is 10.7. The molecule has 7 nitrogen and oxygen atoms in total. The van der Waals surface area contributed by atoms with Crippen LogP contribution in [0.1, 0.15) is 24.2 Å². The van der Waals surface area contributed by atoms with Crippen molar-refractivity contribution in [2.24, 2.45) is 4.99 Å². The molecule has 3 N–H and O–H groups in total. The lowest BCUT2D eigenvalue weighted by Crippen LogP contribution is -2.39. The quantitative estimate of drug-likeness (QED) is 0.298. The first kappa shape index (κ1) is 23.1. The van der Waals surface area contributed by atoms with Gasteiger partial charge in [0.2, 0.25) is 0 Å². The molecule has 0 fully saturated rings. The first-order valence-electron chi connectivity index (χ1n) is 9.86. The Labute approximate surface area is 178 Å². The summed E-state index contributed by atoms with van der Waals surface area (Å²) in [5, 5.41) is 17.1. The molecule has 0 amide bonds. The molecule has 0 aromatic heterocycles. The van der Waals surface area contributed by atoms with Gasteiger partial charge in [-0.2, -0.15) is 0 Å². The standard InChI is InChI=1S/C23H31N3O4/c1-5-13-30-21-10-8-7-9-17(21)15-25-23(24-6-2)26-16-20(27)19-14-18(28-3)11-12-22(19)29-4/h5,7-12,14,20,27H,1,6,13,15-16H2,2-4H3,(H2,24,25,26). The van der Waals surface area contributed by atoms with E-state index in [0.29, 0.717) is 42.7 Å². The summed E-state index contributed by atoms with van der Waals surface area (Å²) in [4.78, 5) is 4.62. The Bertz CT molecular complexity index is 839. The fraction of sp³-hybridized carbons (Fsp3) is 0.348. The predicted octanol–water partition coefficient (Wildman–Crippen LogP) is 3.06. The maximum Gasteiger partial charge on any atom is 0.191 e. The molecule has 1 atom stereocenters. The van der Waals surface area contributed by atoms with Crippen LogP contribution in [0.15, 0.2) is 60.1 Å². The lowest BCUT2D eigenvalue weighted by molar-refractivity contribution is 0.176. The number of ether oxygens (including phenoxy) is 3. The number of nitrogens with zero attached hydrogens (tertiary/aromatic N) is 1. The molecular formula is C23H31N3O4. The van der Waals surface area contributed by atoms with Gasteiger partial charge in [0, 0.05) is 24.2 Å². The number of aliphatic hydroxyl groups excluding tert-OH is 1. The molecule has 0 saturated carbocycles. The van der Waals surface area contributed by atoms with E-state index >= 15 is 0 Å². The van der Waals surface area contributed by atoms with Gasteiger partial charge in [-0.05, 0) is 31.2 Å². The van der Waals surface area contributed by atoms with Gasteiger partial charge in [0.25, 0.3) is 0 Å². The minimum absolute atomic E-state index is 0.254. The summed E-state index contributed by atoms with van der Waals surface area (Å²) in [7, 11) is 3.16. The molecule has 2 rings (SSSR count). The van der Waals surface area contributed by atoms with E-state index in [1.165, 1.54) is 0 Å². The number of hydrogen-bond donors (Lipinski definition) is 3. The van der Waals surface area contributed by atoms with Crippen LogP contribution in [0.4, 0.5) is 0 Å². The fourth-order valence-electron chi connectivity index (χ4n) is 2.83. The van der Waals surface area contributed by atoms with E-state index in [-0.39, 0.29) is 6.54 Å². The zero-order chi connectivity index (χ0) is 21.8. The molecule has 162 valence electrons. The minimum Gasteiger partial charge on any atom is -0.497 e. The number of aliphatic imine (C=N–C) groups is 1. The SMILES string of the molecule is C=CCOc1ccccc1CN=C(NCC)NCC(O)c1cc(OC)ccc1OC. The van der Waals surface area contributed by atoms with Gasteiger partial charge >= 0.3 is 0 Å². The van der Waals surface area contributed by atoms with Crippen LogP contribution < -0.4 is 24.8 Å². The van der Waals surface area contributed by atoms with Gasteiger partial charge in [0.1, 0.15) is 23.9 Å². The van der Waals surface area contributed by atoms with Gasteiger partial charge in [-0.3, -0.25) is 0 Å². The molecule has 0 bridgehead atoms. The molecule has 0 spiro atoms. The van der Waals surface area contributed by atoms with Crippen molar-refractivity contribution in [1.29, 1.82) is 0 Å². The van der Waals surface area contributed by atoms with E-state index in [9.17, 15) is 5.11 Å². The Morgan fingerprint density at radius 1 is 1.13 bits per heavy atom. The summed E-state index contributed by atoms with van der Waals surface area (Å²) in [6, 6.07) is 13.1. The van der Waals surface area contributed by atoms with Gasteiger partial charge in [-0.15, -0.1) is 0 Å². The van der Waals surface area contributed by atoms with Crippen LogP contribution in [-0.2, 0) is 6.54 Å². The number of para-hydroxylation sites is 1. The normalized spacial score (nSPS) is 12.1. The molecule has 7 heteroatoms. The van der Waals surface area contributed by atoms with Crippen molar-refractivity contribution >= 4 is 5.96 Å². The summed E-state index contributed by atoms with van der Waals surface area (Å²) >= 11 is 0. The number of nitrogens with one attached hydrogen (secondary N) is 2. The predicted molar refractivity (Wildman–Crippen MR) is 119 cm³/mol. The molecule has 2 aromatic carbocycles. The van der Waals surface area contributed by atoms with Gasteiger partial charge in [0.05, 0.1) is 26.9 Å². The Morgan fingerprint density at radius 3 is 2.63 bits per heavy atom. The van der Waals surface area contributed by atoms with Crippen LogP contribution >= 0.6 is 0 Å². The van der Waals surface area contributed by atoms with Crippen molar-refractivity contribution < 1.29 is 19.3 Å². The highest BCUT2D eigenvalue weighted by atomic mass is 16.5. The molecule has 2 aromatic rings. The number of benzene rings is 2. The zero-order valence-corrected chi connectivity index (χ0v) is 17.9. The molecule has 0 aliphatic heterocycles. The lowest BCUT2D eigenvalue weighted by Gasteiger charge is -2.18. The Kier molecular flexibility index (Phi) is 9.54. The van der Waals surface area contributed by atoms with E-state index in [1.807, 2.05) is 31.2 Å². The van der Waals surface area contributed by atoms with Gasteiger partial charge in [0.15, 0.2) is 5.96 Å². The topological polar surface area (TPSA) is 84.3 Å². The maximum absolute atomic E-state index is 10.7. The fourth-order valence-corrected chi connectivity index (χ4v) is 2.83. The first-order valence-corrected chi connectivity index (χ1v) is 9.86. The molecule has 0 saturated heterocycles. The summed E-state index contributed by atoms with van der Waals surface area (Å²) in [5.41, 5.74) is 1.61. The van der Waals surface area contributed by atoms with Crippen molar-refractivity contribution in [3.8, 4) is 17.2 Å². The highest BCUT2D eigenvalue weighted by molar-refractivity contribution is 5.79. The Morgan fingerprint density at radius 2 is 1.93 bits per heavy atom. The molecule has 0 heterocycles. The molecule has 0 radical (unpaired) electrons. The highest BCUT2D eigenvalue weighted by Gasteiger charge is 2.15. The zero-order valence-electron chi connectivity index (χ0n) is 17.9. The van der Waals surface area contributed by atoms with Crippen LogP contribution in [0.2, 0.25) is 0 Å². The van der Waals surface area contributed by atoms with Crippen LogP contribution in [0.5, 0.6) is 17.2 Å². The largest absolute Gasteiger partial charge is 0.497 e. The number of rotatable bonds is 11. The van der Waals surface area contributed by atoms with E-state index in [4.69, 9.17) is 14.2 Å². The number of hydrogen-bond acceptors (Lipinski definition) is 5. The van der Waals surface area contributed by atoms with Crippen LogP contribution in [-0.4, -0.2) is 45.0 Å². The van der Waals surface area contributed by atoms with Crippen molar-refractivity contribution in [2.75, 3.05) is 33.9 Å². The number of methoxy groups -OCH3 is 2. The van der Waals surface area contributed by atoms with Gasteiger partial charge < -0.3 is 30.0 Å². The second-order valence-corrected chi connectivity index (χ2v) is 6.41. The smallest absolute Gasteiger partial charge is 0.191 e. The van der Waals surface area contributed by atoms with E-state index in [0.717, 1.165) is 11.3 Å². The monoisotopic (exact) mass is 413 g/mol. The van der Waals surface area contributed by atoms with Crippen molar-refractivity contribution in [3.05, 3.63) is 66.2 Å². The third-order valence-corrected chi connectivity index (χ3v) is 4.34. The van der Waals surface area contributed by atoms with Crippen molar-refractivity contribution in [3.63, 3.8) is 0 Å². The summed E-state index contributed by atoms with van der Waals surface area (Å²) < 4.78 is 16.3.